The lowest BCUT2D eigenvalue weighted by Crippen LogP contribution is -2.40. The molecule has 0 spiro atoms. The fourth-order valence-electron chi connectivity index (χ4n) is 2.52. The lowest BCUT2D eigenvalue weighted by molar-refractivity contribution is 0.672. The predicted octanol–water partition coefficient (Wildman–Crippen LogP) is 2.35. The number of rotatable bonds is 4. The summed E-state index contributed by atoms with van der Waals surface area (Å²) in [5.74, 6) is 0.132. The number of nitrogens with two attached hydrogens (primary N) is 1. The molecular formula is C18H17N3O2S. The molecule has 1 heterocycles. The van der Waals surface area contributed by atoms with Crippen molar-refractivity contribution in [2.45, 2.75) is 11.4 Å². The quantitative estimate of drug-likeness (QED) is 0.741. The van der Waals surface area contributed by atoms with Crippen molar-refractivity contribution in [2.75, 3.05) is 12.0 Å². The Kier molecular flexibility index (Phi) is 4.57. The minimum atomic E-state index is -0.442. The van der Waals surface area contributed by atoms with Gasteiger partial charge in [-0.2, -0.15) is 0 Å². The average Bonchev–Trinajstić information content (AvgIpc) is 2.59. The summed E-state index contributed by atoms with van der Waals surface area (Å²) in [5.41, 5.74) is 6.63. The maximum absolute atomic E-state index is 12.9. The molecule has 3 aromatic rings. The zero-order valence-electron chi connectivity index (χ0n) is 13.2. The van der Waals surface area contributed by atoms with Crippen LogP contribution >= 0.6 is 11.8 Å². The van der Waals surface area contributed by atoms with Crippen LogP contribution in [0.3, 0.4) is 0 Å². The van der Waals surface area contributed by atoms with Crippen LogP contribution in [0.15, 0.2) is 75.1 Å². The van der Waals surface area contributed by atoms with E-state index in [0.717, 1.165) is 10.5 Å². The summed E-state index contributed by atoms with van der Waals surface area (Å²) in [5, 5.41) is 0. The Morgan fingerprint density at radius 2 is 1.75 bits per heavy atom. The van der Waals surface area contributed by atoms with E-state index < -0.39 is 11.2 Å². The van der Waals surface area contributed by atoms with Crippen LogP contribution in [0.5, 0.6) is 0 Å². The largest absolute Gasteiger partial charge is 0.385 e. The Bertz CT molecular complexity index is 978. The molecule has 0 atom stereocenters. The molecule has 5 nitrogen and oxygen atoms in total. The Labute approximate surface area is 143 Å². The summed E-state index contributed by atoms with van der Waals surface area (Å²) < 4.78 is 2.56. The molecule has 0 unspecified atom stereocenters. The smallest absolute Gasteiger partial charge is 0.337 e. The summed E-state index contributed by atoms with van der Waals surface area (Å²) in [6, 6.07) is 18.2. The van der Waals surface area contributed by atoms with E-state index in [1.54, 1.807) is 17.8 Å². The molecule has 24 heavy (non-hydrogen) atoms. The topological polar surface area (TPSA) is 70.0 Å². The van der Waals surface area contributed by atoms with Gasteiger partial charge in [-0.25, -0.2) is 9.36 Å². The third-order valence-electron chi connectivity index (χ3n) is 3.71. The zero-order valence-corrected chi connectivity index (χ0v) is 14.0. The van der Waals surface area contributed by atoms with Crippen molar-refractivity contribution < 1.29 is 0 Å². The lowest BCUT2D eigenvalue weighted by Gasteiger charge is -2.13. The molecule has 1 aromatic heterocycles. The van der Waals surface area contributed by atoms with Crippen LogP contribution in [-0.2, 0) is 6.54 Å². The molecule has 2 aromatic carbocycles. The summed E-state index contributed by atoms with van der Waals surface area (Å²) in [7, 11) is 0. The van der Waals surface area contributed by atoms with Crippen LogP contribution in [0.4, 0.5) is 5.82 Å². The van der Waals surface area contributed by atoms with Crippen molar-refractivity contribution in [3.63, 3.8) is 0 Å². The molecule has 0 radical (unpaired) electrons. The van der Waals surface area contributed by atoms with Crippen molar-refractivity contribution >= 4 is 17.6 Å². The normalized spacial score (nSPS) is 10.7. The molecule has 122 valence electrons. The molecule has 0 aliphatic heterocycles. The van der Waals surface area contributed by atoms with E-state index in [1.165, 1.54) is 15.2 Å². The number of thioether (sulfide) groups is 1. The Morgan fingerprint density at radius 1 is 1.00 bits per heavy atom. The Balaban J connectivity index is 2.16. The van der Waals surface area contributed by atoms with Crippen molar-refractivity contribution in [3.05, 3.63) is 87.1 Å². The molecule has 0 aliphatic rings. The van der Waals surface area contributed by atoms with Crippen LogP contribution in [-0.4, -0.2) is 15.4 Å². The standard InChI is InChI=1S/C18H17N3O2S/c1-24-15-9-5-8-14(10-15)21-16(19)11-17(22)20(18(21)23)12-13-6-3-2-4-7-13/h2-11H,12,19H2,1H3. The monoisotopic (exact) mass is 339 g/mol. The van der Waals surface area contributed by atoms with Gasteiger partial charge in [0.1, 0.15) is 5.82 Å². The van der Waals surface area contributed by atoms with Crippen LogP contribution in [0, 0.1) is 0 Å². The van der Waals surface area contributed by atoms with Gasteiger partial charge >= 0.3 is 5.69 Å². The average molecular weight is 339 g/mol. The van der Waals surface area contributed by atoms with Crippen molar-refractivity contribution in [2.24, 2.45) is 0 Å². The Hall–Kier alpha value is -2.73. The highest BCUT2D eigenvalue weighted by atomic mass is 32.2. The molecule has 0 fully saturated rings. The fraction of sp³-hybridized carbons (Fsp3) is 0.111. The number of hydrogen-bond acceptors (Lipinski definition) is 4. The van der Waals surface area contributed by atoms with Gasteiger partial charge < -0.3 is 5.73 Å². The summed E-state index contributed by atoms with van der Waals surface area (Å²) >= 11 is 1.57. The van der Waals surface area contributed by atoms with Gasteiger partial charge in [0.05, 0.1) is 12.2 Å². The molecule has 0 aliphatic carbocycles. The van der Waals surface area contributed by atoms with Crippen molar-refractivity contribution in [1.29, 1.82) is 0 Å². The third-order valence-corrected chi connectivity index (χ3v) is 4.44. The fourth-order valence-corrected chi connectivity index (χ4v) is 2.97. The first-order valence-electron chi connectivity index (χ1n) is 7.41. The van der Waals surface area contributed by atoms with E-state index in [-0.39, 0.29) is 12.4 Å². The predicted molar refractivity (Wildman–Crippen MR) is 98.0 cm³/mol. The van der Waals surface area contributed by atoms with E-state index in [2.05, 4.69) is 0 Å². The van der Waals surface area contributed by atoms with Gasteiger partial charge in [-0.1, -0.05) is 36.4 Å². The Morgan fingerprint density at radius 3 is 2.46 bits per heavy atom. The van der Waals surface area contributed by atoms with Crippen LogP contribution in [0.1, 0.15) is 5.56 Å². The number of nitrogens with zero attached hydrogens (tertiary/aromatic N) is 2. The maximum atomic E-state index is 12.9. The van der Waals surface area contributed by atoms with Crippen molar-refractivity contribution in [3.8, 4) is 5.69 Å². The first-order valence-corrected chi connectivity index (χ1v) is 8.63. The van der Waals surface area contributed by atoms with Gasteiger partial charge in [-0.3, -0.25) is 9.36 Å². The first kappa shape index (κ1) is 16.1. The van der Waals surface area contributed by atoms with E-state index >= 15 is 0 Å². The van der Waals surface area contributed by atoms with Gasteiger partial charge in [0, 0.05) is 11.0 Å². The summed E-state index contributed by atoms with van der Waals surface area (Å²) in [6.07, 6.45) is 1.96. The highest BCUT2D eigenvalue weighted by Crippen LogP contribution is 2.18. The van der Waals surface area contributed by atoms with Crippen LogP contribution in [0.2, 0.25) is 0 Å². The SMILES string of the molecule is CSc1cccc(-n2c(N)cc(=O)n(Cc3ccccc3)c2=O)c1. The van der Waals surface area contributed by atoms with E-state index in [1.807, 2.05) is 54.8 Å². The summed E-state index contributed by atoms with van der Waals surface area (Å²) in [4.78, 5) is 26.1. The number of aromatic nitrogens is 2. The van der Waals surface area contributed by atoms with Gasteiger partial charge in [0.2, 0.25) is 0 Å². The molecule has 0 saturated carbocycles. The van der Waals surface area contributed by atoms with E-state index in [4.69, 9.17) is 5.73 Å². The molecule has 0 saturated heterocycles. The number of anilines is 1. The first-order chi connectivity index (χ1) is 11.6. The minimum absolute atomic E-state index is 0.132. The van der Waals surface area contributed by atoms with Gasteiger partial charge in [-0.05, 0) is 30.0 Å². The lowest BCUT2D eigenvalue weighted by atomic mass is 10.2. The van der Waals surface area contributed by atoms with Crippen LogP contribution in [0.25, 0.3) is 5.69 Å². The second-order valence-corrected chi connectivity index (χ2v) is 6.18. The molecule has 0 amide bonds. The van der Waals surface area contributed by atoms with Gasteiger partial charge in [0.15, 0.2) is 0 Å². The molecular weight excluding hydrogens is 322 g/mol. The van der Waals surface area contributed by atoms with Crippen LogP contribution < -0.4 is 17.0 Å². The zero-order chi connectivity index (χ0) is 17.1. The molecule has 6 heteroatoms. The maximum Gasteiger partial charge on any atom is 0.337 e. The second-order valence-electron chi connectivity index (χ2n) is 5.30. The highest BCUT2D eigenvalue weighted by molar-refractivity contribution is 7.98. The second kappa shape index (κ2) is 6.80. The number of hydrogen-bond donors (Lipinski definition) is 1. The summed E-state index contributed by atoms with van der Waals surface area (Å²) in [6.45, 7) is 0.209. The highest BCUT2D eigenvalue weighted by Gasteiger charge is 2.12. The third kappa shape index (κ3) is 3.14. The number of benzene rings is 2. The molecule has 0 bridgehead atoms. The van der Waals surface area contributed by atoms with Gasteiger partial charge in [0.25, 0.3) is 5.56 Å². The van der Waals surface area contributed by atoms with E-state index in [0.29, 0.717) is 5.69 Å². The minimum Gasteiger partial charge on any atom is -0.385 e. The van der Waals surface area contributed by atoms with Crippen molar-refractivity contribution in [1.82, 2.24) is 9.13 Å². The van der Waals surface area contributed by atoms with E-state index in [9.17, 15) is 9.59 Å². The number of nitrogen functional groups attached to an aromatic ring is 1. The molecule has 2 N–H and O–H groups in total. The molecule has 3 rings (SSSR count). The van der Waals surface area contributed by atoms with Gasteiger partial charge in [-0.15, -0.1) is 11.8 Å².